The fourth-order valence-corrected chi connectivity index (χ4v) is 3.74. The van der Waals surface area contributed by atoms with Gasteiger partial charge >= 0.3 is 6.09 Å². The summed E-state index contributed by atoms with van der Waals surface area (Å²) in [7, 11) is 1.71. The summed E-state index contributed by atoms with van der Waals surface area (Å²) >= 11 is 0. The minimum Gasteiger partial charge on any atom is -0.492 e. The lowest BCUT2D eigenvalue weighted by molar-refractivity contribution is 0.110. The first-order valence-corrected chi connectivity index (χ1v) is 11.5. The molecule has 3 aromatic carbocycles. The van der Waals surface area contributed by atoms with Crippen LogP contribution in [0.4, 0.5) is 4.79 Å². The number of amides is 1. The summed E-state index contributed by atoms with van der Waals surface area (Å²) in [5.41, 5.74) is 7.37. The lowest BCUT2D eigenvalue weighted by Crippen LogP contribution is -2.31. The molecule has 172 valence electrons. The van der Waals surface area contributed by atoms with Crippen LogP contribution >= 0.6 is 0 Å². The Balaban J connectivity index is 1.85. The Morgan fingerprint density at radius 2 is 1.42 bits per heavy atom. The highest BCUT2D eigenvalue weighted by atomic mass is 16.6. The predicted octanol–water partition coefficient (Wildman–Crippen LogP) is 6.83. The van der Waals surface area contributed by atoms with Gasteiger partial charge in [0, 0.05) is 7.05 Å². The molecule has 4 heteroatoms. The average Bonchev–Trinajstić information content (AvgIpc) is 2.84. The average molecular weight is 444 g/mol. The highest BCUT2D eigenvalue weighted by Gasteiger charge is 2.13. The molecular weight excluding hydrogens is 410 g/mol. The second-order valence-electron chi connectivity index (χ2n) is 7.93. The van der Waals surface area contributed by atoms with Crippen LogP contribution in [0.5, 0.6) is 5.75 Å². The third-order valence-electron chi connectivity index (χ3n) is 5.54. The van der Waals surface area contributed by atoms with Crippen LogP contribution in [0.3, 0.4) is 0 Å². The summed E-state index contributed by atoms with van der Waals surface area (Å²) in [5, 5.41) is 0. The van der Waals surface area contributed by atoms with Crippen LogP contribution in [0.2, 0.25) is 0 Å². The van der Waals surface area contributed by atoms with Crippen molar-refractivity contribution in [1.29, 1.82) is 0 Å². The number of aryl methyl sites for hydroxylation is 1. The van der Waals surface area contributed by atoms with Gasteiger partial charge < -0.3 is 14.4 Å². The Labute approximate surface area is 197 Å². The molecule has 0 radical (unpaired) electrons. The minimum atomic E-state index is -0.336. The number of likely N-dealkylation sites (N-methyl/N-ethyl adjacent to an activating group) is 1. The molecule has 4 nitrogen and oxygen atoms in total. The quantitative estimate of drug-likeness (QED) is 0.340. The third-order valence-corrected chi connectivity index (χ3v) is 5.54. The summed E-state index contributed by atoms with van der Waals surface area (Å²) in [6.45, 7) is 7.34. The van der Waals surface area contributed by atoms with Crippen LogP contribution in [-0.4, -0.2) is 37.8 Å². The molecule has 1 amide bonds. The number of benzene rings is 3. The van der Waals surface area contributed by atoms with Crippen LogP contribution in [0.25, 0.3) is 11.1 Å². The smallest absolute Gasteiger partial charge is 0.409 e. The standard InChI is InChI=1S/C29H33NO3/c1-5-27(23-10-8-7-9-11-23)28(24-14-12-22(3)13-15-24)25-16-18-26(19-17-25)33-21-20-30(4)29(31)32-6-2/h7-19H,5-6,20-21H2,1-4H3. The molecular formula is C29H33NO3. The molecule has 0 heterocycles. The van der Waals surface area contributed by atoms with Gasteiger partial charge in [-0.2, -0.15) is 0 Å². The number of carbonyl (C=O) groups is 1. The van der Waals surface area contributed by atoms with E-state index in [2.05, 4.69) is 74.5 Å². The summed E-state index contributed by atoms with van der Waals surface area (Å²) in [4.78, 5) is 13.2. The van der Waals surface area contributed by atoms with Crippen LogP contribution in [0.1, 0.15) is 42.5 Å². The van der Waals surface area contributed by atoms with Gasteiger partial charge in [-0.15, -0.1) is 0 Å². The Kier molecular flexibility index (Phi) is 8.71. The van der Waals surface area contributed by atoms with Gasteiger partial charge in [-0.1, -0.05) is 79.2 Å². The number of nitrogens with zero attached hydrogens (tertiary/aromatic N) is 1. The van der Waals surface area contributed by atoms with Crippen LogP contribution in [-0.2, 0) is 4.74 Å². The fraction of sp³-hybridized carbons (Fsp3) is 0.276. The molecule has 0 aliphatic carbocycles. The summed E-state index contributed by atoms with van der Waals surface area (Å²) < 4.78 is 10.9. The highest BCUT2D eigenvalue weighted by molar-refractivity contribution is 5.98. The Morgan fingerprint density at radius 3 is 2.00 bits per heavy atom. The zero-order valence-electron chi connectivity index (χ0n) is 20.0. The molecule has 0 bridgehead atoms. The summed E-state index contributed by atoms with van der Waals surface area (Å²) in [5.74, 6) is 0.775. The van der Waals surface area contributed by atoms with Crippen molar-refractivity contribution in [1.82, 2.24) is 4.90 Å². The number of hydrogen-bond donors (Lipinski definition) is 0. The molecule has 3 rings (SSSR count). The summed E-state index contributed by atoms with van der Waals surface area (Å²) in [6.07, 6.45) is 0.586. The summed E-state index contributed by atoms with van der Waals surface area (Å²) in [6, 6.07) is 27.5. The van der Waals surface area contributed by atoms with Crippen molar-refractivity contribution in [3.8, 4) is 5.75 Å². The maximum atomic E-state index is 11.7. The first-order valence-electron chi connectivity index (χ1n) is 11.5. The van der Waals surface area contributed by atoms with E-state index >= 15 is 0 Å². The number of carbonyl (C=O) groups excluding carboxylic acids is 1. The van der Waals surface area contributed by atoms with Gasteiger partial charge in [-0.3, -0.25) is 0 Å². The molecule has 0 fully saturated rings. The van der Waals surface area contributed by atoms with Gasteiger partial charge in [0.05, 0.1) is 13.2 Å². The number of ether oxygens (including phenoxy) is 2. The molecule has 0 atom stereocenters. The second-order valence-corrected chi connectivity index (χ2v) is 7.93. The van der Waals surface area contributed by atoms with Crippen molar-refractivity contribution in [2.75, 3.05) is 26.8 Å². The monoisotopic (exact) mass is 443 g/mol. The van der Waals surface area contributed by atoms with E-state index in [1.165, 1.54) is 32.7 Å². The first kappa shape index (κ1) is 24.1. The van der Waals surface area contributed by atoms with E-state index in [0.717, 1.165) is 17.7 Å². The van der Waals surface area contributed by atoms with Gasteiger partial charge in [0.1, 0.15) is 12.4 Å². The van der Waals surface area contributed by atoms with E-state index in [1.807, 2.05) is 18.2 Å². The third kappa shape index (κ3) is 6.48. The number of hydrogen-bond acceptors (Lipinski definition) is 3. The molecule has 0 aliphatic rings. The SMILES string of the molecule is CCOC(=O)N(C)CCOc1ccc(C(=C(CC)c2ccccc2)c2ccc(C)cc2)cc1. The molecule has 0 saturated heterocycles. The van der Waals surface area contributed by atoms with Gasteiger partial charge in [0.2, 0.25) is 0 Å². The van der Waals surface area contributed by atoms with Gasteiger partial charge in [0.25, 0.3) is 0 Å². The highest BCUT2D eigenvalue weighted by Crippen LogP contribution is 2.35. The first-order chi connectivity index (χ1) is 16.0. The number of allylic oxidation sites excluding steroid dienone is 1. The Hall–Kier alpha value is -3.53. The molecule has 0 aliphatic heterocycles. The second kappa shape index (κ2) is 11.9. The van der Waals surface area contributed by atoms with Crippen molar-refractivity contribution in [3.63, 3.8) is 0 Å². The van der Waals surface area contributed by atoms with Crippen LogP contribution < -0.4 is 4.74 Å². The molecule has 0 spiro atoms. The normalized spacial score (nSPS) is 11.5. The molecule has 33 heavy (non-hydrogen) atoms. The van der Waals surface area contributed by atoms with Crippen LogP contribution in [0, 0.1) is 6.92 Å². The van der Waals surface area contributed by atoms with E-state index in [0.29, 0.717) is 19.8 Å². The van der Waals surface area contributed by atoms with Crippen molar-refractivity contribution < 1.29 is 14.3 Å². The fourth-order valence-electron chi connectivity index (χ4n) is 3.74. The van der Waals surface area contributed by atoms with E-state index in [1.54, 1.807) is 14.0 Å². The van der Waals surface area contributed by atoms with Crippen molar-refractivity contribution >= 4 is 17.2 Å². The van der Waals surface area contributed by atoms with Gasteiger partial charge in [0.15, 0.2) is 0 Å². The zero-order chi connectivity index (χ0) is 23.6. The molecule has 0 unspecified atom stereocenters. The minimum absolute atomic E-state index is 0.336. The van der Waals surface area contributed by atoms with Crippen LogP contribution in [0.15, 0.2) is 78.9 Å². The Bertz CT molecular complexity index is 1050. The lowest BCUT2D eigenvalue weighted by atomic mass is 9.88. The molecule has 3 aromatic rings. The van der Waals surface area contributed by atoms with Crippen molar-refractivity contribution in [2.24, 2.45) is 0 Å². The Morgan fingerprint density at radius 1 is 0.818 bits per heavy atom. The van der Waals surface area contributed by atoms with E-state index in [9.17, 15) is 4.79 Å². The van der Waals surface area contributed by atoms with Crippen molar-refractivity contribution in [2.45, 2.75) is 27.2 Å². The molecule has 0 saturated carbocycles. The predicted molar refractivity (Wildman–Crippen MR) is 135 cm³/mol. The lowest BCUT2D eigenvalue weighted by Gasteiger charge is -2.18. The maximum absolute atomic E-state index is 11.7. The molecule has 0 N–H and O–H groups in total. The van der Waals surface area contributed by atoms with Gasteiger partial charge in [-0.25, -0.2) is 4.79 Å². The number of rotatable bonds is 9. The van der Waals surface area contributed by atoms with E-state index < -0.39 is 0 Å². The van der Waals surface area contributed by atoms with Crippen molar-refractivity contribution in [3.05, 3.63) is 101 Å². The van der Waals surface area contributed by atoms with E-state index in [4.69, 9.17) is 9.47 Å². The molecule has 0 aromatic heterocycles. The maximum Gasteiger partial charge on any atom is 0.409 e. The van der Waals surface area contributed by atoms with E-state index in [-0.39, 0.29) is 6.09 Å². The topological polar surface area (TPSA) is 38.8 Å². The largest absolute Gasteiger partial charge is 0.492 e. The van der Waals surface area contributed by atoms with Gasteiger partial charge in [-0.05, 0) is 60.2 Å². The zero-order valence-corrected chi connectivity index (χ0v) is 20.0.